The molecule has 0 radical (unpaired) electrons. The summed E-state index contributed by atoms with van der Waals surface area (Å²) in [6, 6.07) is 7.62. The molecule has 0 aromatic heterocycles. The highest BCUT2D eigenvalue weighted by Gasteiger charge is 2.33. The second-order valence-electron chi connectivity index (χ2n) is 3.96. The highest BCUT2D eigenvalue weighted by molar-refractivity contribution is 5.31. The summed E-state index contributed by atoms with van der Waals surface area (Å²) < 4.78 is 12.9. The molecule has 0 saturated heterocycles. The molecule has 0 bridgehead atoms. The van der Waals surface area contributed by atoms with Gasteiger partial charge in [0.15, 0.2) is 0 Å². The Kier molecular flexibility index (Phi) is 2.82. The second kappa shape index (κ2) is 4.09. The zero-order valence-corrected chi connectivity index (χ0v) is 8.12. The number of alkyl halides is 1. The van der Waals surface area contributed by atoms with E-state index in [1.165, 1.54) is 0 Å². The van der Waals surface area contributed by atoms with Crippen molar-refractivity contribution < 1.29 is 9.50 Å². The number of halogens is 1. The minimum atomic E-state index is -0.304. The van der Waals surface area contributed by atoms with E-state index in [9.17, 15) is 4.39 Å². The normalized spacial score (nSPS) is 18.1. The first-order chi connectivity index (χ1) is 6.86. The lowest BCUT2D eigenvalue weighted by Crippen LogP contribution is -2.07. The van der Waals surface area contributed by atoms with Crippen molar-refractivity contribution in [3.05, 3.63) is 35.4 Å². The van der Waals surface area contributed by atoms with Crippen molar-refractivity contribution in [3.63, 3.8) is 0 Å². The van der Waals surface area contributed by atoms with E-state index >= 15 is 0 Å². The van der Waals surface area contributed by atoms with E-state index in [0.717, 1.165) is 24.0 Å². The minimum Gasteiger partial charge on any atom is -0.392 e. The minimum absolute atomic E-state index is 0.0124. The Hall–Kier alpha value is -0.890. The third-order valence-corrected chi connectivity index (χ3v) is 2.98. The predicted octanol–water partition coefficient (Wildman–Crippen LogP) is 2.64. The lowest BCUT2D eigenvalue weighted by Gasteiger charge is -2.15. The van der Waals surface area contributed by atoms with Crippen LogP contribution < -0.4 is 0 Å². The van der Waals surface area contributed by atoms with Crippen LogP contribution in [0, 0.1) is 5.92 Å². The molecule has 2 rings (SSSR count). The fraction of sp³-hybridized carbons (Fsp3) is 0.500. The highest BCUT2D eigenvalue weighted by atomic mass is 19.1. The third kappa shape index (κ3) is 1.80. The van der Waals surface area contributed by atoms with Gasteiger partial charge in [-0.05, 0) is 29.9 Å². The van der Waals surface area contributed by atoms with Gasteiger partial charge in [0.25, 0.3) is 0 Å². The summed E-state index contributed by atoms with van der Waals surface area (Å²) in [5.74, 6) is 0.519. The molecule has 0 heterocycles. The predicted molar refractivity (Wildman–Crippen MR) is 53.8 cm³/mol. The molecule has 1 saturated carbocycles. The van der Waals surface area contributed by atoms with Gasteiger partial charge in [0.1, 0.15) is 0 Å². The Balaban J connectivity index is 2.27. The van der Waals surface area contributed by atoms with Gasteiger partial charge in [-0.25, -0.2) is 0 Å². The lowest BCUT2D eigenvalue weighted by atomic mass is 9.91. The zero-order valence-electron chi connectivity index (χ0n) is 8.12. The van der Waals surface area contributed by atoms with Crippen molar-refractivity contribution in [2.24, 2.45) is 5.92 Å². The summed E-state index contributed by atoms with van der Waals surface area (Å²) in [6.45, 7) is -0.291. The summed E-state index contributed by atoms with van der Waals surface area (Å²) >= 11 is 0. The quantitative estimate of drug-likeness (QED) is 0.781. The summed E-state index contributed by atoms with van der Waals surface area (Å²) in [4.78, 5) is 0. The van der Waals surface area contributed by atoms with E-state index < -0.39 is 0 Å². The number of rotatable bonds is 4. The standard InChI is InChI=1S/C12H15FO/c13-7-12(9-5-6-9)11-4-2-1-3-10(11)8-14/h1-4,9,12,14H,5-8H2. The van der Waals surface area contributed by atoms with Gasteiger partial charge in [0, 0.05) is 5.92 Å². The molecule has 1 unspecified atom stereocenters. The van der Waals surface area contributed by atoms with Gasteiger partial charge in [-0.15, -0.1) is 0 Å². The number of hydrogen-bond donors (Lipinski definition) is 1. The summed E-state index contributed by atoms with van der Waals surface area (Å²) in [6.07, 6.45) is 2.27. The van der Waals surface area contributed by atoms with E-state index in [0.29, 0.717) is 5.92 Å². The van der Waals surface area contributed by atoms with Crippen molar-refractivity contribution in [2.45, 2.75) is 25.4 Å². The van der Waals surface area contributed by atoms with Gasteiger partial charge in [-0.1, -0.05) is 24.3 Å². The number of aliphatic hydroxyl groups excluding tert-OH is 1. The average molecular weight is 194 g/mol. The van der Waals surface area contributed by atoms with Crippen LogP contribution in [-0.4, -0.2) is 11.8 Å². The van der Waals surface area contributed by atoms with E-state index in [1.807, 2.05) is 24.3 Å². The molecular weight excluding hydrogens is 179 g/mol. The molecule has 1 atom stereocenters. The van der Waals surface area contributed by atoms with E-state index in [1.54, 1.807) is 0 Å². The Morgan fingerprint density at radius 3 is 2.64 bits per heavy atom. The van der Waals surface area contributed by atoms with Crippen LogP contribution >= 0.6 is 0 Å². The fourth-order valence-corrected chi connectivity index (χ4v) is 2.00. The van der Waals surface area contributed by atoms with Crippen LogP contribution in [-0.2, 0) is 6.61 Å². The van der Waals surface area contributed by atoms with Crippen molar-refractivity contribution in [1.29, 1.82) is 0 Å². The number of aliphatic hydroxyl groups is 1. The van der Waals surface area contributed by atoms with Crippen LogP contribution in [0.4, 0.5) is 4.39 Å². The van der Waals surface area contributed by atoms with Gasteiger partial charge in [-0.3, -0.25) is 4.39 Å². The lowest BCUT2D eigenvalue weighted by molar-refractivity contribution is 0.278. The maximum absolute atomic E-state index is 12.9. The topological polar surface area (TPSA) is 20.2 Å². The molecule has 1 aliphatic rings. The Labute approximate surface area is 83.6 Å². The fourth-order valence-electron chi connectivity index (χ4n) is 2.00. The van der Waals surface area contributed by atoms with Crippen LogP contribution in [0.15, 0.2) is 24.3 Å². The molecule has 76 valence electrons. The van der Waals surface area contributed by atoms with Gasteiger partial charge < -0.3 is 5.11 Å². The summed E-state index contributed by atoms with van der Waals surface area (Å²) in [5, 5.41) is 9.14. The molecule has 0 spiro atoms. The Bertz CT molecular complexity index is 307. The number of hydrogen-bond acceptors (Lipinski definition) is 1. The van der Waals surface area contributed by atoms with Crippen LogP contribution in [0.2, 0.25) is 0 Å². The molecule has 1 fully saturated rings. The van der Waals surface area contributed by atoms with Gasteiger partial charge >= 0.3 is 0 Å². The first kappa shape index (κ1) is 9.66. The second-order valence-corrected chi connectivity index (χ2v) is 3.96. The summed E-state index contributed by atoms with van der Waals surface area (Å²) in [7, 11) is 0. The average Bonchev–Trinajstić information content (AvgIpc) is 3.04. The number of benzene rings is 1. The smallest absolute Gasteiger partial charge is 0.0965 e. The molecule has 1 N–H and O–H groups in total. The maximum atomic E-state index is 12.9. The molecular formula is C12H15FO. The van der Waals surface area contributed by atoms with Crippen molar-refractivity contribution in [3.8, 4) is 0 Å². The molecule has 1 aliphatic carbocycles. The third-order valence-electron chi connectivity index (χ3n) is 2.98. The molecule has 0 amide bonds. The first-order valence-corrected chi connectivity index (χ1v) is 5.11. The Morgan fingerprint density at radius 1 is 1.36 bits per heavy atom. The van der Waals surface area contributed by atoms with Crippen molar-refractivity contribution in [2.75, 3.05) is 6.67 Å². The van der Waals surface area contributed by atoms with Crippen LogP contribution in [0.25, 0.3) is 0 Å². The first-order valence-electron chi connectivity index (χ1n) is 5.11. The van der Waals surface area contributed by atoms with Crippen LogP contribution in [0.5, 0.6) is 0 Å². The molecule has 1 aromatic rings. The maximum Gasteiger partial charge on any atom is 0.0965 e. The van der Waals surface area contributed by atoms with Crippen molar-refractivity contribution >= 4 is 0 Å². The van der Waals surface area contributed by atoms with E-state index in [4.69, 9.17) is 5.11 Å². The molecule has 0 aliphatic heterocycles. The SMILES string of the molecule is OCc1ccccc1C(CF)C1CC1. The Morgan fingerprint density at radius 2 is 2.07 bits per heavy atom. The molecule has 1 aromatic carbocycles. The summed E-state index contributed by atoms with van der Waals surface area (Å²) in [5.41, 5.74) is 1.88. The van der Waals surface area contributed by atoms with E-state index in [2.05, 4.69) is 0 Å². The van der Waals surface area contributed by atoms with Crippen molar-refractivity contribution in [1.82, 2.24) is 0 Å². The van der Waals surface area contributed by atoms with Gasteiger partial charge in [0.05, 0.1) is 13.3 Å². The van der Waals surface area contributed by atoms with Gasteiger partial charge in [0.2, 0.25) is 0 Å². The molecule has 2 heteroatoms. The van der Waals surface area contributed by atoms with Gasteiger partial charge in [-0.2, -0.15) is 0 Å². The molecule has 1 nitrogen and oxygen atoms in total. The largest absolute Gasteiger partial charge is 0.392 e. The zero-order chi connectivity index (χ0) is 9.97. The molecule has 14 heavy (non-hydrogen) atoms. The highest BCUT2D eigenvalue weighted by Crippen LogP contribution is 2.43. The van der Waals surface area contributed by atoms with Crippen LogP contribution in [0.1, 0.15) is 29.9 Å². The monoisotopic (exact) mass is 194 g/mol. The van der Waals surface area contributed by atoms with E-state index in [-0.39, 0.29) is 19.2 Å². The van der Waals surface area contributed by atoms with Crippen LogP contribution in [0.3, 0.4) is 0 Å².